The Morgan fingerprint density at radius 1 is 1.89 bits per heavy atom. The molecule has 0 aromatic rings. The van der Waals surface area contributed by atoms with Crippen molar-refractivity contribution in [3.63, 3.8) is 0 Å². The average molecular weight is 131 g/mol. The summed E-state index contributed by atoms with van der Waals surface area (Å²) in [4.78, 5) is 10.6. The van der Waals surface area contributed by atoms with Gasteiger partial charge in [-0.05, 0) is 0 Å². The van der Waals surface area contributed by atoms with Gasteiger partial charge in [0.25, 0.3) is 0 Å². The highest BCUT2D eigenvalue weighted by molar-refractivity contribution is 5.77. The first-order chi connectivity index (χ1) is 4.25. The fourth-order valence-corrected chi connectivity index (χ4v) is 0.708. The van der Waals surface area contributed by atoms with Gasteiger partial charge in [0.2, 0.25) is 0 Å². The van der Waals surface area contributed by atoms with Gasteiger partial charge in [0, 0.05) is 6.54 Å². The molecule has 1 rings (SSSR count). The molecule has 0 unspecified atom stereocenters. The van der Waals surface area contributed by atoms with Gasteiger partial charge in [-0.25, -0.2) is 0 Å². The van der Waals surface area contributed by atoms with E-state index in [-0.39, 0.29) is 0 Å². The monoisotopic (exact) mass is 131 g/mol. The van der Waals surface area contributed by atoms with E-state index < -0.39 is 18.1 Å². The lowest BCUT2D eigenvalue weighted by Gasteiger charge is -2.31. The highest BCUT2D eigenvalue weighted by Crippen LogP contribution is 2.04. The molecule has 1 aliphatic rings. The maximum Gasteiger partial charge on any atom is 0.325 e. The number of methoxy groups -OCH3 is 1. The Morgan fingerprint density at radius 2 is 2.56 bits per heavy atom. The standard InChI is InChI=1S/C5H9NO3/c1-9-5(8)4-3(7)2-6-4/h3-4,6-7H,2H2,1H3/t3-,4+/m1/s1. The van der Waals surface area contributed by atoms with Crippen molar-refractivity contribution in [3.05, 3.63) is 0 Å². The molecule has 0 spiro atoms. The lowest BCUT2D eigenvalue weighted by molar-refractivity contribution is -0.149. The molecule has 4 nitrogen and oxygen atoms in total. The van der Waals surface area contributed by atoms with Crippen molar-refractivity contribution in [2.24, 2.45) is 0 Å². The number of carbonyl (C=O) groups is 1. The average Bonchev–Trinajstić information content (AvgIpc) is 1.84. The number of hydrogen-bond donors (Lipinski definition) is 2. The molecule has 2 atom stereocenters. The van der Waals surface area contributed by atoms with Crippen LogP contribution in [0.2, 0.25) is 0 Å². The van der Waals surface area contributed by atoms with E-state index in [9.17, 15) is 4.79 Å². The second-order valence-corrected chi connectivity index (χ2v) is 1.98. The minimum absolute atomic E-state index is 0.395. The van der Waals surface area contributed by atoms with Crippen LogP contribution in [0, 0.1) is 0 Å². The molecule has 0 aromatic carbocycles. The van der Waals surface area contributed by atoms with E-state index >= 15 is 0 Å². The van der Waals surface area contributed by atoms with Crippen LogP contribution in [-0.2, 0) is 9.53 Å². The van der Waals surface area contributed by atoms with Crippen LogP contribution in [0.3, 0.4) is 0 Å². The number of rotatable bonds is 1. The number of ether oxygens (including phenoxy) is 1. The van der Waals surface area contributed by atoms with Crippen LogP contribution < -0.4 is 5.32 Å². The summed E-state index contributed by atoms with van der Waals surface area (Å²) >= 11 is 0. The minimum atomic E-state index is -0.558. The van der Waals surface area contributed by atoms with Crippen LogP contribution in [0.5, 0.6) is 0 Å². The van der Waals surface area contributed by atoms with Gasteiger partial charge in [0.05, 0.1) is 13.2 Å². The van der Waals surface area contributed by atoms with Gasteiger partial charge >= 0.3 is 5.97 Å². The summed E-state index contributed by atoms with van der Waals surface area (Å²) in [5, 5.41) is 11.6. The van der Waals surface area contributed by atoms with Crippen molar-refractivity contribution < 1.29 is 14.6 Å². The van der Waals surface area contributed by atoms with E-state index in [4.69, 9.17) is 5.11 Å². The third-order valence-corrected chi connectivity index (χ3v) is 1.39. The summed E-state index contributed by atoms with van der Waals surface area (Å²) in [6.45, 7) is 0.486. The first-order valence-electron chi connectivity index (χ1n) is 2.75. The first kappa shape index (κ1) is 6.51. The molecule has 0 amide bonds. The summed E-state index contributed by atoms with van der Waals surface area (Å²) < 4.78 is 4.36. The lowest BCUT2D eigenvalue weighted by Crippen LogP contribution is -2.61. The largest absolute Gasteiger partial charge is 0.468 e. The SMILES string of the molecule is COC(=O)[C@H]1NC[C@H]1O. The van der Waals surface area contributed by atoms with Gasteiger partial charge < -0.3 is 9.84 Å². The van der Waals surface area contributed by atoms with Crippen LogP contribution in [0.1, 0.15) is 0 Å². The fraction of sp³-hybridized carbons (Fsp3) is 0.800. The molecular weight excluding hydrogens is 122 g/mol. The van der Waals surface area contributed by atoms with E-state index in [0.29, 0.717) is 6.54 Å². The molecule has 1 saturated heterocycles. The van der Waals surface area contributed by atoms with E-state index in [2.05, 4.69) is 10.1 Å². The van der Waals surface area contributed by atoms with Crippen molar-refractivity contribution in [2.75, 3.05) is 13.7 Å². The van der Waals surface area contributed by atoms with E-state index in [1.54, 1.807) is 0 Å². The zero-order chi connectivity index (χ0) is 6.85. The quantitative estimate of drug-likeness (QED) is 0.425. The number of hydrogen-bond acceptors (Lipinski definition) is 4. The summed E-state index contributed by atoms with van der Waals surface area (Å²) in [6, 6.07) is -0.491. The zero-order valence-corrected chi connectivity index (χ0v) is 5.13. The van der Waals surface area contributed by atoms with Crippen molar-refractivity contribution in [1.82, 2.24) is 5.32 Å². The number of esters is 1. The molecule has 0 radical (unpaired) electrons. The predicted molar refractivity (Wildman–Crippen MR) is 29.8 cm³/mol. The predicted octanol–water partition coefficient (Wildman–Crippen LogP) is -1.51. The van der Waals surface area contributed by atoms with Crippen molar-refractivity contribution in [2.45, 2.75) is 12.1 Å². The summed E-state index contributed by atoms with van der Waals surface area (Å²) in [7, 11) is 1.30. The molecule has 1 fully saturated rings. The number of nitrogens with one attached hydrogen (secondary N) is 1. The van der Waals surface area contributed by atoms with Gasteiger partial charge in [-0.3, -0.25) is 10.1 Å². The third-order valence-electron chi connectivity index (χ3n) is 1.39. The van der Waals surface area contributed by atoms with Crippen LogP contribution >= 0.6 is 0 Å². The molecule has 9 heavy (non-hydrogen) atoms. The van der Waals surface area contributed by atoms with Gasteiger partial charge in [0.1, 0.15) is 6.04 Å². The zero-order valence-electron chi connectivity index (χ0n) is 5.13. The van der Waals surface area contributed by atoms with Gasteiger partial charge in [-0.1, -0.05) is 0 Å². The topological polar surface area (TPSA) is 58.6 Å². The van der Waals surface area contributed by atoms with E-state index in [0.717, 1.165) is 0 Å². The molecule has 2 N–H and O–H groups in total. The summed E-state index contributed by atoms with van der Waals surface area (Å²) in [5.41, 5.74) is 0. The summed E-state index contributed by atoms with van der Waals surface area (Å²) in [5.74, 6) is -0.395. The Bertz CT molecular complexity index is 125. The number of aliphatic hydroxyl groups excluding tert-OH is 1. The van der Waals surface area contributed by atoms with Gasteiger partial charge in [0.15, 0.2) is 0 Å². The second kappa shape index (κ2) is 2.33. The molecule has 52 valence electrons. The smallest absolute Gasteiger partial charge is 0.325 e. The van der Waals surface area contributed by atoms with Crippen molar-refractivity contribution in [3.8, 4) is 0 Å². The van der Waals surface area contributed by atoms with Crippen LogP contribution in [0.15, 0.2) is 0 Å². The molecule has 0 aromatic heterocycles. The van der Waals surface area contributed by atoms with Crippen molar-refractivity contribution >= 4 is 5.97 Å². The van der Waals surface area contributed by atoms with E-state index in [1.165, 1.54) is 7.11 Å². The van der Waals surface area contributed by atoms with Gasteiger partial charge in [-0.15, -0.1) is 0 Å². The Kier molecular flexibility index (Phi) is 1.68. The fourth-order valence-electron chi connectivity index (χ4n) is 0.708. The number of carbonyl (C=O) groups excluding carboxylic acids is 1. The summed E-state index contributed by atoms with van der Waals surface area (Å²) in [6.07, 6.45) is -0.558. The molecular formula is C5H9NO3. The molecule has 0 bridgehead atoms. The number of aliphatic hydroxyl groups is 1. The Labute approximate surface area is 52.8 Å². The Balaban J connectivity index is 2.35. The highest BCUT2D eigenvalue weighted by Gasteiger charge is 2.35. The van der Waals surface area contributed by atoms with E-state index in [1.807, 2.05) is 0 Å². The molecule has 0 aliphatic carbocycles. The Hall–Kier alpha value is -0.610. The maximum atomic E-state index is 10.6. The second-order valence-electron chi connectivity index (χ2n) is 1.98. The van der Waals surface area contributed by atoms with Crippen LogP contribution in [0.25, 0.3) is 0 Å². The van der Waals surface area contributed by atoms with Crippen molar-refractivity contribution in [1.29, 1.82) is 0 Å². The normalized spacial score (nSPS) is 33.1. The van der Waals surface area contributed by atoms with Crippen LogP contribution in [-0.4, -0.2) is 36.9 Å². The minimum Gasteiger partial charge on any atom is -0.468 e. The Morgan fingerprint density at radius 3 is 2.67 bits per heavy atom. The molecule has 1 aliphatic heterocycles. The highest BCUT2D eigenvalue weighted by atomic mass is 16.5. The third kappa shape index (κ3) is 1.04. The number of β-amino-alcohol motifs (C(OH)–C–C–N with tert-alkyl or cyclic N) is 1. The first-order valence-corrected chi connectivity index (χ1v) is 2.75. The molecule has 4 heteroatoms. The van der Waals surface area contributed by atoms with Gasteiger partial charge in [-0.2, -0.15) is 0 Å². The lowest BCUT2D eigenvalue weighted by atomic mass is 10.0. The van der Waals surface area contributed by atoms with Crippen LogP contribution in [0.4, 0.5) is 0 Å². The maximum absolute atomic E-state index is 10.6. The molecule has 1 heterocycles. The molecule has 0 saturated carbocycles.